The van der Waals surface area contributed by atoms with E-state index in [1.165, 1.54) is 18.2 Å². The van der Waals surface area contributed by atoms with Gasteiger partial charge in [0, 0.05) is 6.07 Å². The standard InChI is InChI=1S/C11H8BrFN2O/c12-8-6-7(4-5-9(8)13)16-11-3-1-2-10(14)15-11/h1-6H,(H2,14,15). The smallest absolute Gasteiger partial charge is 0.221 e. The number of hydrogen-bond acceptors (Lipinski definition) is 3. The van der Waals surface area contributed by atoms with Crippen molar-refractivity contribution in [2.75, 3.05) is 5.73 Å². The van der Waals surface area contributed by atoms with Crippen LogP contribution < -0.4 is 10.5 Å². The molecule has 0 atom stereocenters. The Balaban J connectivity index is 2.24. The van der Waals surface area contributed by atoms with E-state index < -0.39 is 0 Å². The first-order chi connectivity index (χ1) is 7.65. The molecule has 16 heavy (non-hydrogen) atoms. The molecule has 0 fully saturated rings. The molecule has 0 aliphatic heterocycles. The Hall–Kier alpha value is -1.62. The van der Waals surface area contributed by atoms with Gasteiger partial charge in [0.2, 0.25) is 5.88 Å². The van der Waals surface area contributed by atoms with Crippen molar-refractivity contribution < 1.29 is 9.13 Å². The predicted molar refractivity (Wildman–Crippen MR) is 62.8 cm³/mol. The van der Waals surface area contributed by atoms with E-state index in [1.54, 1.807) is 18.2 Å². The average Bonchev–Trinajstić information content (AvgIpc) is 2.24. The highest BCUT2D eigenvalue weighted by atomic mass is 79.9. The van der Waals surface area contributed by atoms with Crippen LogP contribution in [0.2, 0.25) is 0 Å². The quantitative estimate of drug-likeness (QED) is 0.919. The zero-order chi connectivity index (χ0) is 11.5. The molecule has 0 saturated heterocycles. The Morgan fingerprint density at radius 3 is 2.75 bits per heavy atom. The Morgan fingerprint density at radius 2 is 2.06 bits per heavy atom. The van der Waals surface area contributed by atoms with Gasteiger partial charge in [0.05, 0.1) is 4.47 Å². The summed E-state index contributed by atoms with van der Waals surface area (Å²) in [6, 6.07) is 9.42. The topological polar surface area (TPSA) is 48.1 Å². The summed E-state index contributed by atoms with van der Waals surface area (Å²) in [5, 5.41) is 0. The lowest BCUT2D eigenvalue weighted by Gasteiger charge is -2.05. The van der Waals surface area contributed by atoms with Gasteiger partial charge in [-0.05, 0) is 40.2 Å². The van der Waals surface area contributed by atoms with Crippen molar-refractivity contribution in [2.24, 2.45) is 0 Å². The van der Waals surface area contributed by atoms with Crippen molar-refractivity contribution in [3.63, 3.8) is 0 Å². The molecule has 0 radical (unpaired) electrons. The summed E-state index contributed by atoms with van der Waals surface area (Å²) in [6.45, 7) is 0. The van der Waals surface area contributed by atoms with Crippen LogP contribution in [-0.2, 0) is 0 Å². The highest BCUT2D eigenvalue weighted by molar-refractivity contribution is 9.10. The first-order valence-electron chi connectivity index (χ1n) is 4.50. The van der Waals surface area contributed by atoms with Gasteiger partial charge in [-0.3, -0.25) is 0 Å². The molecule has 0 saturated carbocycles. The van der Waals surface area contributed by atoms with E-state index >= 15 is 0 Å². The van der Waals surface area contributed by atoms with Gasteiger partial charge in [0.25, 0.3) is 0 Å². The van der Waals surface area contributed by atoms with Crippen LogP contribution >= 0.6 is 15.9 Å². The summed E-state index contributed by atoms with van der Waals surface area (Å²) in [4.78, 5) is 3.97. The molecule has 0 aliphatic rings. The Kier molecular flexibility index (Phi) is 3.05. The largest absolute Gasteiger partial charge is 0.439 e. The number of pyridine rings is 1. The van der Waals surface area contributed by atoms with Crippen LogP contribution in [0.4, 0.5) is 10.2 Å². The Bertz CT molecular complexity index is 519. The third kappa shape index (κ3) is 2.49. The number of aromatic nitrogens is 1. The second kappa shape index (κ2) is 4.49. The van der Waals surface area contributed by atoms with Crippen molar-refractivity contribution in [2.45, 2.75) is 0 Å². The fraction of sp³-hybridized carbons (Fsp3) is 0. The molecule has 82 valence electrons. The van der Waals surface area contributed by atoms with Crippen LogP contribution in [0.1, 0.15) is 0 Å². The number of nitrogen functional groups attached to an aromatic ring is 1. The minimum Gasteiger partial charge on any atom is -0.439 e. The van der Waals surface area contributed by atoms with Crippen molar-refractivity contribution in [3.8, 4) is 11.6 Å². The number of rotatable bonds is 2. The van der Waals surface area contributed by atoms with Gasteiger partial charge < -0.3 is 10.5 Å². The summed E-state index contributed by atoms with van der Waals surface area (Å²) in [6.07, 6.45) is 0. The van der Waals surface area contributed by atoms with Crippen LogP contribution in [0.5, 0.6) is 11.6 Å². The molecule has 1 heterocycles. The minimum absolute atomic E-state index is 0.340. The molecule has 0 aliphatic carbocycles. The van der Waals surface area contributed by atoms with Gasteiger partial charge in [-0.25, -0.2) is 4.39 Å². The van der Waals surface area contributed by atoms with Gasteiger partial charge in [-0.1, -0.05) is 6.07 Å². The molecule has 0 amide bonds. The lowest BCUT2D eigenvalue weighted by molar-refractivity contribution is 0.461. The molecule has 1 aromatic carbocycles. The van der Waals surface area contributed by atoms with Crippen molar-refractivity contribution in [1.82, 2.24) is 4.98 Å². The number of halogens is 2. The SMILES string of the molecule is Nc1cccc(Oc2ccc(F)c(Br)c2)n1. The van der Waals surface area contributed by atoms with Gasteiger partial charge in [0.15, 0.2) is 0 Å². The summed E-state index contributed by atoms with van der Waals surface area (Å²) in [5.41, 5.74) is 5.51. The van der Waals surface area contributed by atoms with Gasteiger partial charge in [0.1, 0.15) is 17.4 Å². The summed E-state index contributed by atoms with van der Waals surface area (Å²) < 4.78 is 18.7. The van der Waals surface area contributed by atoms with Crippen molar-refractivity contribution in [1.29, 1.82) is 0 Å². The average molecular weight is 283 g/mol. The number of benzene rings is 1. The fourth-order valence-corrected chi connectivity index (χ4v) is 1.51. The highest BCUT2D eigenvalue weighted by Crippen LogP contribution is 2.25. The van der Waals surface area contributed by atoms with Gasteiger partial charge >= 0.3 is 0 Å². The number of nitrogens with zero attached hydrogens (tertiary/aromatic N) is 1. The maximum absolute atomic E-state index is 13.0. The van der Waals surface area contributed by atoms with Crippen LogP contribution in [-0.4, -0.2) is 4.98 Å². The van der Waals surface area contributed by atoms with Gasteiger partial charge in [-0.15, -0.1) is 0 Å². The van der Waals surface area contributed by atoms with Crippen LogP contribution in [0.15, 0.2) is 40.9 Å². The lowest BCUT2D eigenvalue weighted by atomic mass is 10.3. The highest BCUT2D eigenvalue weighted by Gasteiger charge is 2.03. The molecule has 2 N–H and O–H groups in total. The number of nitrogens with two attached hydrogens (primary N) is 1. The van der Waals surface area contributed by atoms with E-state index in [4.69, 9.17) is 10.5 Å². The summed E-state index contributed by atoms with van der Waals surface area (Å²) in [7, 11) is 0. The van der Waals surface area contributed by atoms with Crippen LogP contribution in [0.25, 0.3) is 0 Å². The third-order valence-electron chi connectivity index (χ3n) is 1.86. The normalized spacial score (nSPS) is 10.1. The summed E-state index contributed by atoms with van der Waals surface area (Å²) >= 11 is 3.07. The Labute approximate surface area is 100 Å². The van der Waals surface area contributed by atoms with E-state index in [9.17, 15) is 4.39 Å². The molecular formula is C11H8BrFN2O. The minimum atomic E-state index is -0.340. The monoisotopic (exact) mass is 282 g/mol. The number of hydrogen-bond donors (Lipinski definition) is 1. The molecule has 3 nitrogen and oxygen atoms in total. The zero-order valence-corrected chi connectivity index (χ0v) is 9.74. The molecule has 0 unspecified atom stereocenters. The fourth-order valence-electron chi connectivity index (χ4n) is 1.15. The molecular weight excluding hydrogens is 275 g/mol. The molecule has 0 bridgehead atoms. The first kappa shape index (κ1) is 10.9. The number of anilines is 1. The maximum atomic E-state index is 13.0. The molecule has 1 aromatic heterocycles. The third-order valence-corrected chi connectivity index (χ3v) is 2.47. The first-order valence-corrected chi connectivity index (χ1v) is 5.30. The maximum Gasteiger partial charge on any atom is 0.221 e. The van der Waals surface area contributed by atoms with E-state index in [0.29, 0.717) is 21.9 Å². The van der Waals surface area contributed by atoms with Crippen molar-refractivity contribution >= 4 is 21.7 Å². The van der Waals surface area contributed by atoms with E-state index in [-0.39, 0.29) is 5.82 Å². The van der Waals surface area contributed by atoms with Gasteiger partial charge in [-0.2, -0.15) is 4.98 Å². The molecule has 2 aromatic rings. The van der Waals surface area contributed by atoms with E-state index in [2.05, 4.69) is 20.9 Å². The number of ether oxygens (including phenoxy) is 1. The second-order valence-electron chi connectivity index (χ2n) is 3.08. The summed E-state index contributed by atoms with van der Waals surface area (Å²) in [5.74, 6) is 0.899. The van der Waals surface area contributed by atoms with Crippen LogP contribution in [0.3, 0.4) is 0 Å². The molecule has 2 rings (SSSR count). The molecule has 5 heteroatoms. The predicted octanol–water partition coefficient (Wildman–Crippen LogP) is 3.36. The second-order valence-corrected chi connectivity index (χ2v) is 3.93. The zero-order valence-electron chi connectivity index (χ0n) is 8.15. The van der Waals surface area contributed by atoms with E-state index in [1.807, 2.05) is 0 Å². The molecule has 0 spiro atoms. The lowest BCUT2D eigenvalue weighted by Crippen LogP contribution is -1.93. The van der Waals surface area contributed by atoms with Crippen LogP contribution in [0, 0.1) is 5.82 Å². The Morgan fingerprint density at radius 1 is 1.25 bits per heavy atom. The van der Waals surface area contributed by atoms with E-state index in [0.717, 1.165) is 0 Å². The van der Waals surface area contributed by atoms with Crippen molar-refractivity contribution in [3.05, 3.63) is 46.7 Å².